The Labute approximate surface area is 119 Å². The lowest BCUT2D eigenvalue weighted by atomic mass is 9.75. The molecule has 0 bridgehead atoms. The van der Waals surface area contributed by atoms with E-state index in [0.29, 0.717) is 0 Å². The van der Waals surface area contributed by atoms with Gasteiger partial charge in [0.15, 0.2) is 0 Å². The van der Waals surface area contributed by atoms with Gasteiger partial charge in [-0.25, -0.2) is 4.98 Å². The van der Waals surface area contributed by atoms with Crippen molar-refractivity contribution in [1.82, 2.24) is 9.55 Å². The van der Waals surface area contributed by atoms with Crippen molar-refractivity contribution < 1.29 is 4.74 Å². The van der Waals surface area contributed by atoms with Gasteiger partial charge in [0.05, 0.1) is 7.11 Å². The smallest absolute Gasteiger partial charge is 0.119 e. The van der Waals surface area contributed by atoms with E-state index >= 15 is 0 Å². The van der Waals surface area contributed by atoms with Crippen molar-refractivity contribution in [3.05, 3.63) is 47.5 Å². The molecule has 1 unspecified atom stereocenters. The third kappa shape index (κ3) is 2.20. The van der Waals surface area contributed by atoms with Crippen LogP contribution in [0, 0.1) is 0 Å². The maximum Gasteiger partial charge on any atom is 0.119 e. The van der Waals surface area contributed by atoms with E-state index in [1.165, 1.54) is 11.1 Å². The van der Waals surface area contributed by atoms with Gasteiger partial charge in [-0.15, -0.1) is 0 Å². The maximum absolute atomic E-state index is 6.75. The molecular weight excluding hydrogens is 250 g/mol. The van der Waals surface area contributed by atoms with Crippen LogP contribution in [0.25, 0.3) is 0 Å². The molecule has 1 atom stereocenters. The summed E-state index contributed by atoms with van der Waals surface area (Å²) in [6.07, 6.45) is 7.76. The van der Waals surface area contributed by atoms with Crippen LogP contribution in [0.15, 0.2) is 30.6 Å². The largest absolute Gasteiger partial charge is 0.497 e. The molecule has 0 spiro atoms. The summed E-state index contributed by atoms with van der Waals surface area (Å²) in [5.41, 5.74) is 8.95. The lowest BCUT2D eigenvalue weighted by Gasteiger charge is -2.36. The van der Waals surface area contributed by atoms with Crippen molar-refractivity contribution >= 4 is 0 Å². The van der Waals surface area contributed by atoms with Crippen LogP contribution in [0.1, 0.15) is 29.8 Å². The van der Waals surface area contributed by atoms with Gasteiger partial charge in [0.2, 0.25) is 0 Å². The number of benzene rings is 1. The highest BCUT2D eigenvalue weighted by Crippen LogP contribution is 2.37. The number of nitrogens with two attached hydrogens (primary N) is 1. The summed E-state index contributed by atoms with van der Waals surface area (Å²) < 4.78 is 7.40. The molecule has 1 aromatic heterocycles. The molecule has 4 heteroatoms. The van der Waals surface area contributed by atoms with Crippen molar-refractivity contribution in [3.63, 3.8) is 0 Å². The molecule has 1 heterocycles. The molecule has 20 heavy (non-hydrogen) atoms. The number of methoxy groups -OCH3 is 1. The summed E-state index contributed by atoms with van der Waals surface area (Å²) in [7, 11) is 3.71. The summed E-state index contributed by atoms with van der Waals surface area (Å²) in [4.78, 5) is 4.42. The van der Waals surface area contributed by atoms with E-state index < -0.39 is 0 Å². The van der Waals surface area contributed by atoms with Crippen LogP contribution in [0.3, 0.4) is 0 Å². The number of nitrogens with zero attached hydrogens (tertiary/aromatic N) is 2. The van der Waals surface area contributed by atoms with Crippen molar-refractivity contribution in [2.24, 2.45) is 12.8 Å². The van der Waals surface area contributed by atoms with Gasteiger partial charge in [0.1, 0.15) is 11.6 Å². The van der Waals surface area contributed by atoms with Gasteiger partial charge < -0.3 is 15.0 Å². The van der Waals surface area contributed by atoms with E-state index in [9.17, 15) is 0 Å². The molecular formula is C16H21N3O. The third-order valence-corrected chi connectivity index (χ3v) is 4.32. The predicted octanol–water partition coefficient (Wildman–Crippen LogP) is 2.16. The number of rotatable bonds is 3. The van der Waals surface area contributed by atoms with Gasteiger partial charge >= 0.3 is 0 Å². The monoisotopic (exact) mass is 271 g/mol. The first kappa shape index (κ1) is 13.2. The molecule has 2 aromatic rings. The highest BCUT2D eigenvalue weighted by atomic mass is 16.5. The van der Waals surface area contributed by atoms with Gasteiger partial charge in [0.25, 0.3) is 0 Å². The van der Waals surface area contributed by atoms with Crippen molar-refractivity contribution in [2.45, 2.75) is 31.2 Å². The molecule has 1 aliphatic carbocycles. The summed E-state index contributed by atoms with van der Waals surface area (Å²) in [5, 5.41) is 0. The van der Waals surface area contributed by atoms with Gasteiger partial charge in [-0.2, -0.15) is 0 Å². The molecule has 2 N–H and O–H groups in total. The van der Waals surface area contributed by atoms with Gasteiger partial charge in [-0.05, 0) is 42.5 Å². The average Bonchev–Trinajstić information content (AvgIpc) is 2.84. The first-order chi connectivity index (χ1) is 9.62. The lowest BCUT2D eigenvalue weighted by Crippen LogP contribution is -2.42. The zero-order valence-electron chi connectivity index (χ0n) is 12.1. The van der Waals surface area contributed by atoms with Crippen LogP contribution in [-0.2, 0) is 25.4 Å². The van der Waals surface area contributed by atoms with Gasteiger partial charge in [0, 0.05) is 31.4 Å². The van der Waals surface area contributed by atoms with E-state index in [-0.39, 0.29) is 5.54 Å². The second-order valence-electron chi connectivity index (χ2n) is 5.66. The van der Waals surface area contributed by atoms with Gasteiger partial charge in [-0.3, -0.25) is 0 Å². The fourth-order valence-corrected chi connectivity index (χ4v) is 3.13. The molecule has 106 valence electrons. The van der Waals surface area contributed by atoms with E-state index in [1.807, 2.05) is 30.1 Å². The van der Waals surface area contributed by atoms with Crippen LogP contribution in [0.4, 0.5) is 0 Å². The molecule has 1 aromatic carbocycles. The number of fused-ring (bicyclic) bond motifs is 1. The quantitative estimate of drug-likeness (QED) is 0.930. The minimum Gasteiger partial charge on any atom is -0.497 e. The molecule has 1 aliphatic rings. The van der Waals surface area contributed by atoms with E-state index in [0.717, 1.165) is 37.3 Å². The minimum absolute atomic E-state index is 0.346. The van der Waals surface area contributed by atoms with Crippen LogP contribution < -0.4 is 10.5 Å². The molecule has 0 radical (unpaired) electrons. The first-order valence-corrected chi connectivity index (χ1v) is 7.05. The number of aryl methyl sites for hydroxylation is 2. The van der Waals surface area contributed by atoms with Crippen molar-refractivity contribution in [3.8, 4) is 5.75 Å². The van der Waals surface area contributed by atoms with Gasteiger partial charge in [-0.1, -0.05) is 6.07 Å². The van der Waals surface area contributed by atoms with E-state index in [2.05, 4.69) is 17.1 Å². The molecule has 4 nitrogen and oxygen atoms in total. The average molecular weight is 271 g/mol. The second kappa shape index (κ2) is 4.94. The minimum atomic E-state index is -0.346. The van der Waals surface area contributed by atoms with Crippen LogP contribution in [0.5, 0.6) is 5.75 Å². The Morgan fingerprint density at radius 3 is 3.00 bits per heavy atom. The zero-order valence-corrected chi connectivity index (χ0v) is 12.1. The fraction of sp³-hybridized carbons (Fsp3) is 0.438. The van der Waals surface area contributed by atoms with Crippen molar-refractivity contribution in [1.29, 1.82) is 0 Å². The number of aromatic nitrogens is 2. The first-order valence-electron chi connectivity index (χ1n) is 7.05. The van der Waals surface area contributed by atoms with Crippen LogP contribution in [0.2, 0.25) is 0 Å². The Balaban J connectivity index is 2.01. The fourth-order valence-electron chi connectivity index (χ4n) is 3.13. The zero-order chi connectivity index (χ0) is 14.2. The summed E-state index contributed by atoms with van der Waals surface area (Å²) in [5.74, 6) is 1.91. The summed E-state index contributed by atoms with van der Waals surface area (Å²) >= 11 is 0. The molecule has 0 aliphatic heterocycles. The lowest BCUT2D eigenvalue weighted by molar-refractivity contribution is 0.354. The van der Waals surface area contributed by atoms with E-state index in [4.69, 9.17) is 10.5 Å². The summed E-state index contributed by atoms with van der Waals surface area (Å²) in [6, 6.07) is 6.26. The Hall–Kier alpha value is -1.81. The molecule has 0 saturated carbocycles. The normalized spacial score (nSPS) is 21.6. The molecule has 0 fully saturated rings. The van der Waals surface area contributed by atoms with Crippen LogP contribution in [-0.4, -0.2) is 16.7 Å². The second-order valence-corrected chi connectivity index (χ2v) is 5.66. The SMILES string of the molecule is COc1ccc2c(c1)C(N)(Cc1nccn1C)CCC2. The Kier molecular flexibility index (Phi) is 3.26. The molecule has 0 amide bonds. The van der Waals surface area contributed by atoms with E-state index in [1.54, 1.807) is 7.11 Å². The third-order valence-electron chi connectivity index (χ3n) is 4.32. The molecule has 0 saturated heterocycles. The summed E-state index contributed by atoms with van der Waals surface area (Å²) in [6.45, 7) is 0. The Bertz CT molecular complexity index is 620. The highest BCUT2D eigenvalue weighted by molar-refractivity contribution is 5.42. The number of hydrogen-bond donors (Lipinski definition) is 1. The maximum atomic E-state index is 6.75. The van der Waals surface area contributed by atoms with Crippen LogP contribution >= 0.6 is 0 Å². The highest BCUT2D eigenvalue weighted by Gasteiger charge is 2.34. The number of hydrogen-bond acceptors (Lipinski definition) is 3. The Morgan fingerprint density at radius 2 is 2.30 bits per heavy atom. The predicted molar refractivity (Wildman–Crippen MR) is 78.7 cm³/mol. The Morgan fingerprint density at radius 1 is 1.45 bits per heavy atom. The van der Waals surface area contributed by atoms with Crippen molar-refractivity contribution in [2.75, 3.05) is 7.11 Å². The number of ether oxygens (including phenoxy) is 1. The standard InChI is InChI=1S/C16H21N3O/c1-19-9-8-18-15(19)11-16(17)7-3-4-12-5-6-13(20-2)10-14(12)16/h5-6,8-10H,3-4,7,11,17H2,1-2H3. The number of imidazole rings is 1. The molecule has 3 rings (SSSR count). The topological polar surface area (TPSA) is 53.1 Å².